The van der Waals surface area contributed by atoms with Crippen molar-refractivity contribution < 1.29 is 14.8 Å². The minimum absolute atomic E-state index is 0.00298. The van der Waals surface area contributed by atoms with Crippen molar-refractivity contribution in [2.75, 3.05) is 7.11 Å². The molecule has 25 heavy (non-hydrogen) atoms. The van der Waals surface area contributed by atoms with Crippen LogP contribution in [0.25, 0.3) is 16.9 Å². The summed E-state index contributed by atoms with van der Waals surface area (Å²) in [4.78, 5) is 10.5. The van der Waals surface area contributed by atoms with Crippen LogP contribution in [0.15, 0.2) is 48.7 Å². The molecule has 0 aliphatic rings. The van der Waals surface area contributed by atoms with E-state index in [0.717, 1.165) is 0 Å². The minimum Gasteiger partial charge on any atom is -0.500 e. The zero-order valence-corrected chi connectivity index (χ0v) is 13.1. The first-order chi connectivity index (χ1) is 12.0. The number of aromatic nitrogens is 2. The Balaban J connectivity index is 2.15. The topological polar surface area (TPSA) is 114 Å². The Kier molecular flexibility index (Phi) is 4.05. The summed E-state index contributed by atoms with van der Waals surface area (Å²) in [6.07, 6.45) is 1.55. The van der Waals surface area contributed by atoms with Crippen LogP contribution in [0.2, 0.25) is 0 Å². The molecule has 8 nitrogen and oxygen atoms in total. The van der Waals surface area contributed by atoms with Crippen molar-refractivity contribution in [3.8, 4) is 34.5 Å². The second-order valence-corrected chi connectivity index (χ2v) is 5.09. The highest BCUT2D eigenvalue weighted by Crippen LogP contribution is 2.40. The van der Waals surface area contributed by atoms with Crippen LogP contribution in [0.1, 0.15) is 5.56 Å². The van der Waals surface area contributed by atoms with Crippen molar-refractivity contribution in [1.29, 1.82) is 5.26 Å². The molecule has 1 heterocycles. The zero-order valence-electron chi connectivity index (χ0n) is 13.1. The van der Waals surface area contributed by atoms with Crippen LogP contribution in [0.4, 0.5) is 5.69 Å². The highest BCUT2D eigenvalue weighted by molar-refractivity contribution is 5.71. The molecule has 8 heteroatoms. The third kappa shape index (κ3) is 2.86. The fourth-order valence-corrected chi connectivity index (χ4v) is 2.44. The Morgan fingerprint density at radius 1 is 1.28 bits per heavy atom. The van der Waals surface area contributed by atoms with Crippen LogP contribution in [-0.2, 0) is 0 Å². The van der Waals surface area contributed by atoms with Gasteiger partial charge in [0.2, 0.25) is 5.75 Å². The number of hydrogen-bond donors (Lipinski definition) is 1. The maximum atomic E-state index is 11.2. The lowest BCUT2D eigenvalue weighted by Crippen LogP contribution is -2.00. The first kappa shape index (κ1) is 16.0. The van der Waals surface area contributed by atoms with E-state index in [1.54, 1.807) is 41.2 Å². The molecule has 0 amide bonds. The predicted molar refractivity (Wildman–Crippen MR) is 88.6 cm³/mol. The summed E-state index contributed by atoms with van der Waals surface area (Å²) in [5, 5.41) is 34.2. The summed E-state index contributed by atoms with van der Waals surface area (Å²) in [5.74, 6) is -0.530. The number of nitrogens with zero attached hydrogens (tertiary/aromatic N) is 4. The first-order valence-electron chi connectivity index (χ1n) is 7.15. The maximum Gasteiger partial charge on any atom is 0.315 e. The summed E-state index contributed by atoms with van der Waals surface area (Å²) >= 11 is 0. The number of nitriles is 1. The van der Waals surface area contributed by atoms with Gasteiger partial charge in [-0.25, -0.2) is 4.68 Å². The number of rotatable bonds is 4. The molecule has 0 atom stereocenters. The average Bonchev–Trinajstić information content (AvgIpc) is 3.11. The molecule has 124 valence electrons. The van der Waals surface area contributed by atoms with E-state index >= 15 is 0 Å². The van der Waals surface area contributed by atoms with Gasteiger partial charge in [0.15, 0.2) is 5.75 Å². The van der Waals surface area contributed by atoms with Gasteiger partial charge < -0.3 is 9.84 Å². The van der Waals surface area contributed by atoms with Crippen LogP contribution in [0.5, 0.6) is 11.5 Å². The van der Waals surface area contributed by atoms with E-state index in [1.165, 1.54) is 19.2 Å². The van der Waals surface area contributed by atoms with Gasteiger partial charge in [-0.1, -0.05) is 0 Å². The lowest BCUT2D eigenvalue weighted by molar-refractivity contribution is -0.385. The van der Waals surface area contributed by atoms with Crippen LogP contribution >= 0.6 is 0 Å². The number of nitro benzene ring substituents is 1. The highest BCUT2D eigenvalue weighted by atomic mass is 16.6. The Morgan fingerprint density at radius 2 is 2.00 bits per heavy atom. The number of methoxy groups -OCH3 is 1. The molecular formula is C17H12N4O4. The van der Waals surface area contributed by atoms with E-state index < -0.39 is 16.4 Å². The fourth-order valence-electron chi connectivity index (χ4n) is 2.44. The van der Waals surface area contributed by atoms with Crippen molar-refractivity contribution in [1.82, 2.24) is 9.78 Å². The third-order valence-electron chi connectivity index (χ3n) is 3.65. The number of ether oxygens (including phenoxy) is 1. The minimum atomic E-state index is -0.677. The van der Waals surface area contributed by atoms with E-state index in [0.29, 0.717) is 22.5 Å². The van der Waals surface area contributed by atoms with Crippen LogP contribution in [-0.4, -0.2) is 26.9 Å². The normalized spacial score (nSPS) is 10.2. The maximum absolute atomic E-state index is 11.2. The molecular weight excluding hydrogens is 324 g/mol. The van der Waals surface area contributed by atoms with E-state index in [-0.39, 0.29) is 5.75 Å². The molecule has 0 saturated carbocycles. The van der Waals surface area contributed by atoms with Crippen molar-refractivity contribution in [3.05, 3.63) is 64.3 Å². The lowest BCUT2D eigenvalue weighted by atomic mass is 10.1. The fraction of sp³-hybridized carbons (Fsp3) is 0.0588. The van der Waals surface area contributed by atoms with E-state index in [4.69, 9.17) is 10.00 Å². The van der Waals surface area contributed by atoms with Gasteiger partial charge in [0.05, 0.1) is 41.2 Å². The van der Waals surface area contributed by atoms with Gasteiger partial charge in [0.1, 0.15) is 0 Å². The van der Waals surface area contributed by atoms with Crippen molar-refractivity contribution >= 4 is 5.69 Å². The summed E-state index contributed by atoms with van der Waals surface area (Å²) in [7, 11) is 1.32. The quantitative estimate of drug-likeness (QED) is 0.578. The lowest BCUT2D eigenvalue weighted by Gasteiger charge is -2.10. The Labute approximate surface area is 142 Å². The summed E-state index contributed by atoms with van der Waals surface area (Å²) in [5.41, 5.74) is 1.78. The smallest absolute Gasteiger partial charge is 0.315 e. The Hall–Kier alpha value is -3.86. The van der Waals surface area contributed by atoms with Gasteiger partial charge in [-0.15, -0.1) is 0 Å². The summed E-state index contributed by atoms with van der Waals surface area (Å²) in [6, 6.07) is 13.2. The molecule has 0 spiro atoms. The third-order valence-corrected chi connectivity index (χ3v) is 3.65. The van der Waals surface area contributed by atoms with E-state index in [1.807, 2.05) is 6.07 Å². The SMILES string of the molecule is COc1cc(-c2ccnn2-c2ccc(C#N)cc2)cc([N+](=O)[O-])c1O. The number of phenols is 1. The molecule has 0 fully saturated rings. The van der Waals surface area contributed by atoms with Crippen LogP contribution in [0, 0.1) is 21.4 Å². The van der Waals surface area contributed by atoms with Crippen molar-refractivity contribution in [2.45, 2.75) is 0 Å². The van der Waals surface area contributed by atoms with Gasteiger partial charge in [-0.05, 0) is 36.4 Å². The molecule has 0 aliphatic heterocycles. The standard InChI is InChI=1S/C17H12N4O4/c1-25-16-9-12(8-15(17(16)22)21(23)24)14-6-7-19-20(14)13-4-2-11(10-18)3-5-13/h2-9,22H,1H3. The molecule has 1 N–H and O–H groups in total. The molecule has 0 unspecified atom stereocenters. The van der Waals surface area contributed by atoms with Gasteiger partial charge in [-0.2, -0.15) is 10.4 Å². The van der Waals surface area contributed by atoms with Crippen molar-refractivity contribution in [3.63, 3.8) is 0 Å². The van der Waals surface area contributed by atoms with Gasteiger partial charge >= 0.3 is 5.69 Å². The molecule has 0 saturated heterocycles. The van der Waals surface area contributed by atoms with E-state index in [2.05, 4.69) is 5.10 Å². The Bertz CT molecular complexity index is 987. The molecule has 0 bridgehead atoms. The summed E-state index contributed by atoms with van der Waals surface area (Å²) < 4.78 is 6.61. The molecule has 3 aromatic rings. The highest BCUT2D eigenvalue weighted by Gasteiger charge is 2.22. The van der Waals surface area contributed by atoms with E-state index in [9.17, 15) is 15.2 Å². The number of nitro groups is 1. The molecule has 2 aromatic carbocycles. The van der Waals surface area contributed by atoms with Gasteiger partial charge in [-0.3, -0.25) is 10.1 Å². The average molecular weight is 336 g/mol. The molecule has 3 rings (SSSR count). The largest absolute Gasteiger partial charge is 0.500 e. The Morgan fingerprint density at radius 3 is 2.60 bits per heavy atom. The first-order valence-corrected chi connectivity index (χ1v) is 7.15. The van der Waals surface area contributed by atoms with Gasteiger partial charge in [0.25, 0.3) is 0 Å². The second kappa shape index (κ2) is 6.33. The predicted octanol–water partition coefficient (Wildman–Crippen LogP) is 3.03. The second-order valence-electron chi connectivity index (χ2n) is 5.09. The van der Waals surface area contributed by atoms with Gasteiger partial charge in [0, 0.05) is 11.6 Å². The number of benzene rings is 2. The number of hydrogen-bond acceptors (Lipinski definition) is 6. The zero-order chi connectivity index (χ0) is 18.0. The van der Waals surface area contributed by atoms with Crippen molar-refractivity contribution in [2.24, 2.45) is 0 Å². The van der Waals surface area contributed by atoms with Crippen LogP contribution < -0.4 is 4.74 Å². The van der Waals surface area contributed by atoms with Crippen LogP contribution in [0.3, 0.4) is 0 Å². The molecule has 0 aliphatic carbocycles. The molecule has 0 radical (unpaired) electrons. The summed E-state index contributed by atoms with van der Waals surface area (Å²) in [6.45, 7) is 0. The number of aromatic hydroxyl groups is 1. The molecule has 1 aromatic heterocycles. The monoisotopic (exact) mass is 336 g/mol. The number of phenolic OH excluding ortho intramolecular Hbond substituents is 1.